The molecule has 8 rings (SSSR count). The summed E-state index contributed by atoms with van der Waals surface area (Å²) in [6.07, 6.45) is 10.9. The van der Waals surface area contributed by atoms with Gasteiger partial charge >= 0.3 is 0 Å². The Bertz CT molecular complexity index is 3820. The maximum atomic E-state index is 10.1. The number of carbonyl (C=O) groups excluding carboxylic acids is 1. The lowest BCUT2D eigenvalue weighted by atomic mass is 9.96. The third-order valence-electron chi connectivity index (χ3n) is 16.0. The van der Waals surface area contributed by atoms with Crippen LogP contribution in [0.25, 0.3) is 6.08 Å². The third-order valence-corrected chi connectivity index (χ3v) is 17.7. The van der Waals surface area contributed by atoms with E-state index in [4.69, 9.17) is 21.7 Å². The minimum Gasteiger partial charge on any atom is -0.396 e. The fourth-order valence-electron chi connectivity index (χ4n) is 9.90. The lowest BCUT2D eigenvalue weighted by Crippen LogP contribution is -2.16. The molecular weight excluding hydrogens is 1170 g/mol. The molecule has 0 heterocycles. The van der Waals surface area contributed by atoms with Crippen LogP contribution in [0, 0.1) is 199 Å². The summed E-state index contributed by atoms with van der Waals surface area (Å²) in [4.78, 5) is 10.1. The van der Waals surface area contributed by atoms with Crippen molar-refractivity contribution in [2.45, 2.75) is 177 Å². The van der Waals surface area contributed by atoms with Gasteiger partial charge in [0, 0.05) is 33.3 Å². The standard InChI is InChI=1S/C14H20Si.C13H18O.C12H16O.C12H14O.C12H12O.C11H12.C9H11Br/c1-11-9-12(2)13(3)14(10-11)7-8-15(4,5)6;1-8-4-9(2)10(3)12(5-8)13-6-11(13)7-14;3*1-9-7-10(2)11(3)12(8-9)5-4-6-13;1-5-11-7-8(2)6-9(3)10(11)4;1-6-4-7(2)8(3)9(10)5-6/h9-10H,1-6H3;4-5,11,13-14H,6-7H2,1-3H3;4-5,7-8,13H,6H2,1-3H3;7-8,13H,6H2,1-3H3;6-8H,1-3H3;1,6-7H,2-4H3;4-5H,1-3H3/b;;5-4-;;;;. The Kier molecular flexibility index (Phi) is 33.0. The summed E-state index contributed by atoms with van der Waals surface area (Å²) in [5.41, 5.74) is 37.2. The van der Waals surface area contributed by atoms with Crippen molar-refractivity contribution in [2.24, 2.45) is 5.92 Å². The number of rotatable bonds is 4. The third kappa shape index (κ3) is 26.8. The van der Waals surface area contributed by atoms with Gasteiger partial charge in [-0.1, -0.05) is 143 Å². The number of aldehydes is 1. The fourth-order valence-corrected chi connectivity index (χ4v) is 11.1. The topological polar surface area (TPSA) is 77.8 Å². The van der Waals surface area contributed by atoms with Crippen molar-refractivity contribution in [3.05, 3.63) is 246 Å². The summed E-state index contributed by atoms with van der Waals surface area (Å²) in [5, 5.41) is 26.3. The highest BCUT2D eigenvalue weighted by Gasteiger charge is 2.38. The number of hydrogen-bond donors (Lipinski definition) is 3. The first-order chi connectivity index (χ1) is 41.6. The van der Waals surface area contributed by atoms with Gasteiger partial charge in [0.2, 0.25) is 0 Å². The van der Waals surface area contributed by atoms with Crippen LogP contribution in [0.4, 0.5) is 0 Å². The second-order valence-corrected chi connectivity index (χ2v) is 30.8. The molecule has 0 amide bonds. The van der Waals surface area contributed by atoms with Crippen LogP contribution in [0.1, 0.15) is 163 Å². The van der Waals surface area contributed by atoms with Crippen LogP contribution in [-0.4, -0.2) is 49.5 Å². The minimum absolute atomic E-state index is 0.0770. The zero-order valence-electron chi connectivity index (χ0n) is 58.5. The largest absolute Gasteiger partial charge is 0.396 e. The molecule has 7 aromatic rings. The van der Waals surface area contributed by atoms with Gasteiger partial charge < -0.3 is 15.3 Å². The van der Waals surface area contributed by atoms with E-state index in [1.165, 1.54) is 139 Å². The Balaban J connectivity index is 0.000000355. The molecule has 89 heavy (non-hydrogen) atoms. The Morgan fingerprint density at radius 2 is 0.843 bits per heavy atom. The van der Waals surface area contributed by atoms with Crippen LogP contribution in [-0.2, 0) is 4.79 Å². The van der Waals surface area contributed by atoms with Gasteiger partial charge in [0.25, 0.3) is 0 Å². The molecule has 7 aromatic carbocycles. The predicted octanol–water partition coefficient (Wildman–Crippen LogP) is 19.3. The monoisotopic (exact) mass is 1270 g/mol. The molecule has 3 N–H and O–H groups in total. The zero-order valence-corrected chi connectivity index (χ0v) is 61.1. The van der Waals surface area contributed by atoms with Crippen LogP contribution in [0.3, 0.4) is 0 Å². The van der Waals surface area contributed by atoms with Gasteiger partial charge in [0.1, 0.15) is 14.7 Å². The molecule has 1 aliphatic rings. The summed E-state index contributed by atoms with van der Waals surface area (Å²) in [5.74, 6) is 18.0. The molecule has 0 aromatic heterocycles. The van der Waals surface area contributed by atoms with Gasteiger partial charge in [-0.3, -0.25) is 4.79 Å². The number of terminal acetylenes is 1. The van der Waals surface area contributed by atoms with Crippen LogP contribution in [0.15, 0.2) is 95.5 Å². The van der Waals surface area contributed by atoms with E-state index >= 15 is 0 Å². The van der Waals surface area contributed by atoms with Crippen LogP contribution in [0.5, 0.6) is 0 Å². The molecule has 4 nitrogen and oxygen atoms in total. The summed E-state index contributed by atoms with van der Waals surface area (Å²) < 4.78 is 1.21. The first kappa shape index (κ1) is 77.9. The Morgan fingerprint density at radius 3 is 1.24 bits per heavy atom. The van der Waals surface area contributed by atoms with E-state index in [1.807, 2.05) is 38.1 Å². The molecule has 2 atom stereocenters. The first-order valence-electron chi connectivity index (χ1n) is 30.8. The van der Waals surface area contributed by atoms with E-state index in [0.29, 0.717) is 24.7 Å². The summed E-state index contributed by atoms with van der Waals surface area (Å²) in [6.45, 7) is 51.3. The molecular formula is C83H103BrO4Si. The number of benzene rings is 7. The number of halogens is 1. The lowest BCUT2D eigenvalue weighted by Gasteiger charge is -2.09. The first-order valence-corrected chi connectivity index (χ1v) is 35.1. The van der Waals surface area contributed by atoms with E-state index in [0.717, 1.165) is 22.3 Å². The number of aryl methyl sites for hydroxylation is 14. The Labute approximate surface area is 549 Å². The van der Waals surface area contributed by atoms with Gasteiger partial charge in [-0.15, -0.1) is 12.0 Å². The maximum absolute atomic E-state index is 10.1. The van der Waals surface area contributed by atoms with Gasteiger partial charge in [0.15, 0.2) is 6.29 Å². The van der Waals surface area contributed by atoms with Gasteiger partial charge in [-0.25, -0.2) is 0 Å². The highest BCUT2D eigenvalue weighted by atomic mass is 79.9. The van der Waals surface area contributed by atoms with Crippen molar-refractivity contribution in [2.75, 3.05) is 19.8 Å². The number of aliphatic hydroxyl groups is 3. The van der Waals surface area contributed by atoms with E-state index in [-0.39, 0.29) is 13.2 Å². The average molecular weight is 1270 g/mol. The smallest absolute Gasteiger partial charge is 0.193 e. The number of hydrogen-bond acceptors (Lipinski definition) is 4. The summed E-state index contributed by atoms with van der Waals surface area (Å²) in [6, 6.07) is 30.0. The quantitative estimate of drug-likeness (QED) is 0.0932. The molecule has 0 radical (unpaired) electrons. The van der Waals surface area contributed by atoms with Gasteiger partial charge in [-0.05, 0) is 317 Å². The number of aliphatic hydroxyl groups excluding tert-OH is 3. The Hall–Kier alpha value is -7.23. The van der Waals surface area contributed by atoms with Crippen LogP contribution >= 0.6 is 15.9 Å². The summed E-state index contributed by atoms with van der Waals surface area (Å²) >= 11 is 3.50. The second kappa shape index (κ2) is 37.7. The van der Waals surface area contributed by atoms with Crippen molar-refractivity contribution in [1.29, 1.82) is 0 Å². The van der Waals surface area contributed by atoms with E-state index in [1.54, 1.807) is 6.08 Å². The second-order valence-electron chi connectivity index (χ2n) is 25.2. The molecule has 0 spiro atoms. The maximum Gasteiger partial charge on any atom is 0.193 e. The molecule has 2 unspecified atom stereocenters. The van der Waals surface area contributed by atoms with Crippen molar-refractivity contribution in [3.8, 4) is 47.5 Å². The minimum atomic E-state index is -1.26. The zero-order chi connectivity index (χ0) is 67.6. The molecule has 6 heteroatoms. The van der Waals surface area contributed by atoms with E-state index < -0.39 is 8.07 Å². The normalized spacial score (nSPS) is 12.3. The number of carbonyl (C=O) groups is 1. The average Bonchev–Trinajstić information content (AvgIpc) is 3.87. The van der Waals surface area contributed by atoms with Crippen molar-refractivity contribution >= 4 is 36.4 Å². The molecule has 0 bridgehead atoms. The van der Waals surface area contributed by atoms with Gasteiger partial charge in [-0.2, -0.15) is 0 Å². The fraction of sp³-hybridized carbons (Fsp3) is 0.361. The van der Waals surface area contributed by atoms with Crippen molar-refractivity contribution < 1.29 is 20.1 Å². The van der Waals surface area contributed by atoms with E-state index in [9.17, 15) is 4.79 Å². The highest BCUT2D eigenvalue weighted by molar-refractivity contribution is 9.10. The lowest BCUT2D eigenvalue weighted by molar-refractivity contribution is -0.103. The molecule has 470 valence electrons. The predicted molar refractivity (Wildman–Crippen MR) is 391 cm³/mol. The van der Waals surface area contributed by atoms with E-state index in [2.05, 4.69) is 275 Å². The highest BCUT2D eigenvalue weighted by Crippen LogP contribution is 2.48. The SMILES string of the molecule is C#Cc1cc(C)cc(C)c1C.Cc1cc(C)c(C)c(/C=C\CO)c1.Cc1cc(C)c(C)c(Br)c1.Cc1cc(C)c(C)c(C#CC=O)c1.Cc1cc(C)c(C)c(C#CCO)c1.Cc1cc(C)c(C)c(C#C[Si](C)(C)C)c1.Cc1cc(C)c(C)c(C2CC2CO)c1. The molecule has 0 aliphatic heterocycles. The molecule has 1 saturated carbocycles. The summed E-state index contributed by atoms with van der Waals surface area (Å²) in [7, 11) is -1.26. The van der Waals surface area contributed by atoms with Gasteiger partial charge in [0.05, 0.1) is 6.61 Å². The molecule has 1 aliphatic carbocycles. The van der Waals surface area contributed by atoms with Crippen molar-refractivity contribution in [3.63, 3.8) is 0 Å². The Morgan fingerprint density at radius 1 is 0.472 bits per heavy atom. The van der Waals surface area contributed by atoms with Crippen LogP contribution in [0.2, 0.25) is 19.6 Å². The molecule has 1 fully saturated rings. The molecule has 0 saturated heterocycles. The van der Waals surface area contributed by atoms with Crippen molar-refractivity contribution in [1.82, 2.24) is 0 Å². The van der Waals surface area contributed by atoms with Crippen LogP contribution < -0.4 is 0 Å².